The number of carboxylic acid groups (broad SMARTS) is 1. The molecule has 0 spiro atoms. The molecule has 0 saturated heterocycles. The third kappa shape index (κ3) is 3.75. The van der Waals surface area contributed by atoms with Crippen LogP contribution >= 0.6 is 0 Å². The number of nitrogens with one attached hydrogen (secondary N) is 2. The van der Waals surface area contributed by atoms with E-state index in [1.165, 1.54) is 37.8 Å². The molecule has 0 aliphatic heterocycles. The zero-order valence-electron chi connectivity index (χ0n) is 11.3. The van der Waals surface area contributed by atoms with E-state index in [-0.39, 0.29) is 11.3 Å². The van der Waals surface area contributed by atoms with Gasteiger partial charge in [0, 0.05) is 23.9 Å². The second-order valence-corrected chi connectivity index (χ2v) is 4.16. The van der Waals surface area contributed by atoms with Gasteiger partial charge in [-0.1, -0.05) is 0 Å². The summed E-state index contributed by atoms with van der Waals surface area (Å²) in [5.74, 6) is -0.919. The van der Waals surface area contributed by atoms with E-state index < -0.39 is 12.0 Å². The van der Waals surface area contributed by atoms with Crippen molar-refractivity contribution in [2.45, 2.75) is 6.54 Å². The Hall–Kier alpha value is -2.96. The molecule has 7 heteroatoms. The standard InChI is InChI=1S/C14H14N2O5/c1-20-12-6-10(2-3-11(12)13(17)18)16-14(19)15-7-9-4-5-21-8-9/h2-6,8H,7H2,1H3,(H,17,18)(H2,15,16,19). The predicted octanol–water partition coefficient (Wildman–Crippen LogP) is 2.31. The highest BCUT2D eigenvalue weighted by atomic mass is 16.5. The first-order valence-corrected chi connectivity index (χ1v) is 6.07. The van der Waals surface area contributed by atoms with E-state index in [4.69, 9.17) is 14.3 Å². The van der Waals surface area contributed by atoms with Gasteiger partial charge in [0.15, 0.2) is 0 Å². The van der Waals surface area contributed by atoms with Gasteiger partial charge in [-0.05, 0) is 18.2 Å². The Kier molecular flexibility index (Phi) is 4.45. The lowest BCUT2D eigenvalue weighted by Gasteiger charge is -2.10. The molecule has 110 valence electrons. The van der Waals surface area contributed by atoms with Gasteiger partial charge in [0.05, 0.1) is 19.6 Å². The SMILES string of the molecule is COc1cc(NC(=O)NCc2ccoc2)ccc1C(=O)O. The number of methoxy groups -OCH3 is 1. The molecule has 2 rings (SSSR count). The molecule has 0 aliphatic rings. The van der Waals surface area contributed by atoms with Crippen LogP contribution in [0.25, 0.3) is 0 Å². The number of aromatic carboxylic acids is 1. The number of amides is 2. The van der Waals surface area contributed by atoms with Gasteiger partial charge in [0.25, 0.3) is 0 Å². The smallest absolute Gasteiger partial charge is 0.339 e. The van der Waals surface area contributed by atoms with Gasteiger partial charge in [-0.25, -0.2) is 9.59 Å². The lowest BCUT2D eigenvalue weighted by Crippen LogP contribution is -2.28. The van der Waals surface area contributed by atoms with E-state index >= 15 is 0 Å². The summed E-state index contributed by atoms with van der Waals surface area (Å²) in [5.41, 5.74) is 1.30. The van der Waals surface area contributed by atoms with Crippen LogP contribution in [0.2, 0.25) is 0 Å². The summed E-state index contributed by atoms with van der Waals surface area (Å²) in [7, 11) is 1.37. The molecule has 1 heterocycles. The van der Waals surface area contributed by atoms with Crippen LogP contribution in [0, 0.1) is 0 Å². The van der Waals surface area contributed by atoms with Crippen molar-refractivity contribution in [3.8, 4) is 5.75 Å². The van der Waals surface area contributed by atoms with E-state index in [0.717, 1.165) is 5.56 Å². The van der Waals surface area contributed by atoms with Gasteiger partial charge in [-0.3, -0.25) is 0 Å². The van der Waals surface area contributed by atoms with Gasteiger partial charge in [0.2, 0.25) is 0 Å². The van der Waals surface area contributed by atoms with Crippen LogP contribution in [-0.2, 0) is 6.54 Å². The molecule has 0 aliphatic carbocycles. The number of benzene rings is 1. The molecule has 1 aromatic heterocycles. The lowest BCUT2D eigenvalue weighted by molar-refractivity contribution is 0.0693. The third-order valence-electron chi connectivity index (χ3n) is 2.72. The quantitative estimate of drug-likeness (QED) is 0.784. The number of hydrogen-bond acceptors (Lipinski definition) is 4. The normalized spacial score (nSPS) is 9.95. The fourth-order valence-electron chi connectivity index (χ4n) is 1.70. The van der Waals surface area contributed by atoms with Crippen LogP contribution in [0.15, 0.2) is 41.2 Å². The fraction of sp³-hybridized carbons (Fsp3) is 0.143. The highest BCUT2D eigenvalue weighted by Gasteiger charge is 2.12. The Morgan fingerprint density at radius 3 is 2.76 bits per heavy atom. The number of hydrogen-bond donors (Lipinski definition) is 3. The van der Waals surface area contributed by atoms with Crippen molar-refractivity contribution in [1.82, 2.24) is 5.32 Å². The molecule has 0 radical (unpaired) electrons. The second-order valence-electron chi connectivity index (χ2n) is 4.16. The Balaban J connectivity index is 1.99. The molecule has 0 saturated carbocycles. The summed E-state index contributed by atoms with van der Waals surface area (Å²) in [5, 5.41) is 14.2. The summed E-state index contributed by atoms with van der Waals surface area (Å²) in [6, 6.07) is 5.63. The van der Waals surface area contributed by atoms with E-state index in [1.54, 1.807) is 6.07 Å². The Morgan fingerprint density at radius 2 is 2.14 bits per heavy atom. The number of rotatable bonds is 5. The maximum atomic E-state index is 11.7. The lowest BCUT2D eigenvalue weighted by atomic mass is 10.2. The van der Waals surface area contributed by atoms with E-state index in [2.05, 4.69) is 10.6 Å². The van der Waals surface area contributed by atoms with Gasteiger partial charge in [-0.15, -0.1) is 0 Å². The zero-order chi connectivity index (χ0) is 15.2. The van der Waals surface area contributed by atoms with Gasteiger partial charge >= 0.3 is 12.0 Å². The maximum Gasteiger partial charge on any atom is 0.339 e. The molecule has 21 heavy (non-hydrogen) atoms. The molecular weight excluding hydrogens is 276 g/mol. The number of carbonyl (C=O) groups excluding carboxylic acids is 1. The summed E-state index contributed by atoms with van der Waals surface area (Å²) < 4.78 is 9.87. The number of anilines is 1. The van der Waals surface area contributed by atoms with Crippen LogP contribution in [0.5, 0.6) is 5.75 Å². The van der Waals surface area contributed by atoms with Crippen molar-refractivity contribution in [3.63, 3.8) is 0 Å². The molecule has 0 unspecified atom stereocenters. The van der Waals surface area contributed by atoms with Crippen molar-refractivity contribution in [2.75, 3.05) is 12.4 Å². The average molecular weight is 290 g/mol. The number of urea groups is 1. The molecule has 0 fully saturated rings. The van der Waals surface area contributed by atoms with E-state index in [9.17, 15) is 9.59 Å². The topological polar surface area (TPSA) is 101 Å². The number of carbonyl (C=O) groups is 2. The van der Waals surface area contributed by atoms with Gasteiger partial charge < -0.3 is 24.9 Å². The molecule has 0 atom stereocenters. The highest BCUT2D eigenvalue weighted by molar-refractivity contribution is 5.94. The molecule has 3 N–H and O–H groups in total. The summed E-state index contributed by atoms with van der Waals surface area (Å²) in [4.78, 5) is 22.7. The van der Waals surface area contributed by atoms with Crippen LogP contribution in [0.4, 0.5) is 10.5 Å². The first-order chi connectivity index (χ1) is 10.1. The number of ether oxygens (including phenoxy) is 1. The van der Waals surface area contributed by atoms with Crippen molar-refractivity contribution in [3.05, 3.63) is 47.9 Å². The number of furan rings is 1. The fourth-order valence-corrected chi connectivity index (χ4v) is 1.70. The largest absolute Gasteiger partial charge is 0.496 e. The molecular formula is C14H14N2O5. The average Bonchev–Trinajstić information content (AvgIpc) is 2.98. The minimum atomic E-state index is -1.09. The Labute approximate surface area is 120 Å². The Morgan fingerprint density at radius 1 is 1.33 bits per heavy atom. The zero-order valence-corrected chi connectivity index (χ0v) is 11.3. The molecule has 2 aromatic rings. The van der Waals surface area contributed by atoms with Gasteiger partial charge in [0.1, 0.15) is 11.3 Å². The molecule has 0 bridgehead atoms. The van der Waals surface area contributed by atoms with Gasteiger partial charge in [-0.2, -0.15) is 0 Å². The van der Waals surface area contributed by atoms with Crippen LogP contribution in [-0.4, -0.2) is 24.2 Å². The van der Waals surface area contributed by atoms with E-state index in [0.29, 0.717) is 12.2 Å². The van der Waals surface area contributed by atoms with Crippen LogP contribution in [0.3, 0.4) is 0 Å². The predicted molar refractivity (Wildman–Crippen MR) is 74.5 cm³/mol. The maximum absolute atomic E-state index is 11.7. The summed E-state index contributed by atoms with van der Waals surface area (Å²) >= 11 is 0. The van der Waals surface area contributed by atoms with E-state index in [1.807, 2.05) is 0 Å². The minimum Gasteiger partial charge on any atom is -0.496 e. The summed E-state index contributed by atoms with van der Waals surface area (Å²) in [6.07, 6.45) is 3.05. The first kappa shape index (κ1) is 14.4. The molecule has 7 nitrogen and oxygen atoms in total. The second kappa shape index (κ2) is 6.47. The first-order valence-electron chi connectivity index (χ1n) is 6.07. The van der Waals surface area contributed by atoms with Crippen molar-refractivity contribution < 1.29 is 23.8 Å². The van der Waals surface area contributed by atoms with Crippen molar-refractivity contribution >= 4 is 17.7 Å². The molecule has 1 aromatic carbocycles. The highest BCUT2D eigenvalue weighted by Crippen LogP contribution is 2.23. The van der Waals surface area contributed by atoms with Crippen LogP contribution in [0.1, 0.15) is 15.9 Å². The molecule has 2 amide bonds. The number of carboxylic acids is 1. The monoisotopic (exact) mass is 290 g/mol. The third-order valence-corrected chi connectivity index (χ3v) is 2.72. The van der Waals surface area contributed by atoms with Crippen molar-refractivity contribution in [2.24, 2.45) is 0 Å². The Bertz CT molecular complexity index is 637. The minimum absolute atomic E-state index is 0.0295. The summed E-state index contributed by atoms with van der Waals surface area (Å²) in [6.45, 7) is 0.326. The van der Waals surface area contributed by atoms with Crippen molar-refractivity contribution in [1.29, 1.82) is 0 Å². The van der Waals surface area contributed by atoms with Crippen LogP contribution < -0.4 is 15.4 Å².